The number of anilines is 2. The fourth-order valence-corrected chi connectivity index (χ4v) is 3.72. The van der Waals surface area contributed by atoms with E-state index in [-0.39, 0.29) is 5.91 Å². The van der Waals surface area contributed by atoms with Gasteiger partial charge in [0.2, 0.25) is 11.0 Å². The Bertz CT molecular complexity index is 996. The van der Waals surface area contributed by atoms with E-state index in [1.807, 2.05) is 29.6 Å². The molecule has 0 bridgehead atoms. The molecule has 9 heteroatoms. The molecule has 28 heavy (non-hydrogen) atoms. The lowest BCUT2D eigenvalue weighted by Gasteiger charge is -2.06. The zero-order valence-electron chi connectivity index (χ0n) is 15.0. The minimum atomic E-state index is -0.106. The van der Waals surface area contributed by atoms with Crippen LogP contribution in [0.15, 0.2) is 46.9 Å². The summed E-state index contributed by atoms with van der Waals surface area (Å²) in [5.41, 5.74) is 6.12. The fraction of sp³-hybridized carbons (Fsp3) is 0.105. The first-order chi connectivity index (χ1) is 13.5. The number of rotatable bonds is 6. The van der Waals surface area contributed by atoms with Crippen LogP contribution in [0.2, 0.25) is 10.0 Å². The molecule has 0 atom stereocenters. The third-order valence-electron chi connectivity index (χ3n) is 3.60. The van der Waals surface area contributed by atoms with Crippen LogP contribution in [0.3, 0.4) is 0 Å². The highest BCUT2D eigenvalue weighted by Crippen LogP contribution is 2.33. The monoisotopic (exact) mass is 434 g/mol. The molecule has 0 fully saturated rings. The number of carbonyl (C=O) groups is 1. The van der Waals surface area contributed by atoms with E-state index in [0.717, 1.165) is 22.5 Å². The van der Waals surface area contributed by atoms with Crippen LogP contribution in [0, 0.1) is 0 Å². The lowest BCUT2D eigenvalue weighted by atomic mass is 10.1. The fourth-order valence-electron chi connectivity index (χ4n) is 2.40. The van der Waals surface area contributed by atoms with Gasteiger partial charge >= 0.3 is 0 Å². The molecule has 6 nitrogen and oxygen atoms in total. The van der Waals surface area contributed by atoms with Crippen LogP contribution in [-0.4, -0.2) is 24.2 Å². The number of aromatic nitrogens is 1. The first-order valence-corrected chi connectivity index (χ1v) is 9.75. The number of benzene rings is 2. The number of hydrogen-bond acceptors (Lipinski definition) is 6. The first-order valence-electron chi connectivity index (χ1n) is 8.12. The molecular weight excluding hydrogens is 419 g/mol. The van der Waals surface area contributed by atoms with E-state index in [1.165, 1.54) is 25.4 Å². The number of hydrogen-bond donors (Lipinski definition) is 2. The molecule has 0 radical (unpaired) electrons. The van der Waals surface area contributed by atoms with Gasteiger partial charge in [0.05, 0.1) is 29.1 Å². The summed E-state index contributed by atoms with van der Waals surface area (Å²) >= 11 is 13.7. The molecule has 3 aromatic rings. The van der Waals surface area contributed by atoms with Gasteiger partial charge in [0.1, 0.15) is 0 Å². The first kappa shape index (κ1) is 20.1. The Morgan fingerprint density at radius 2 is 1.89 bits per heavy atom. The Labute approximate surface area is 176 Å². The largest absolute Gasteiger partial charge is 0.494 e. The summed E-state index contributed by atoms with van der Waals surface area (Å²) in [7, 11) is 1.51. The highest BCUT2D eigenvalue weighted by molar-refractivity contribution is 7.14. The maximum Gasteiger partial charge on any atom is 0.221 e. The Morgan fingerprint density at radius 1 is 1.21 bits per heavy atom. The van der Waals surface area contributed by atoms with Crippen molar-refractivity contribution < 1.29 is 9.53 Å². The molecule has 0 aliphatic rings. The molecule has 0 aliphatic heterocycles. The highest BCUT2D eigenvalue weighted by Gasteiger charge is 2.08. The quantitative estimate of drug-likeness (QED) is 0.394. The molecule has 0 saturated carbocycles. The summed E-state index contributed by atoms with van der Waals surface area (Å²) in [6.45, 7) is 1.47. The van der Waals surface area contributed by atoms with Crippen molar-refractivity contribution in [2.75, 3.05) is 17.9 Å². The summed E-state index contributed by atoms with van der Waals surface area (Å²) < 4.78 is 5.12. The highest BCUT2D eigenvalue weighted by atomic mass is 35.5. The minimum absolute atomic E-state index is 0.106. The number of thiazole rings is 1. The predicted octanol–water partition coefficient (Wildman–Crippen LogP) is 5.53. The van der Waals surface area contributed by atoms with Crippen LogP contribution < -0.4 is 15.5 Å². The van der Waals surface area contributed by atoms with Gasteiger partial charge in [-0.2, -0.15) is 5.10 Å². The van der Waals surface area contributed by atoms with Crippen molar-refractivity contribution >= 4 is 57.5 Å². The molecule has 2 aromatic carbocycles. The molecule has 3 rings (SSSR count). The number of nitrogens with zero attached hydrogens (tertiary/aromatic N) is 2. The molecule has 0 saturated heterocycles. The number of ether oxygens (including phenoxy) is 1. The Balaban J connectivity index is 1.66. The molecule has 2 N–H and O–H groups in total. The number of halogens is 2. The molecule has 0 spiro atoms. The number of methoxy groups -OCH3 is 1. The second kappa shape index (κ2) is 9.05. The summed E-state index contributed by atoms with van der Waals surface area (Å²) in [4.78, 5) is 15.6. The minimum Gasteiger partial charge on any atom is -0.494 e. The van der Waals surface area contributed by atoms with E-state index in [2.05, 4.69) is 20.8 Å². The standard InChI is InChI=1S/C19H16Cl2N4O2S/c1-11(26)23-14-5-3-13(4-6-14)17-10-28-19(24-17)25-22-9-12-7-15(20)18(27-2)16(21)8-12/h3-10H,1-2H3,(H,23,26)(H,24,25)/b22-9-. The van der Waals surface area contributed by atoms with Crippen molar-refractivity contribution in [2.24, 2.45) is 5.10 Å². The van der Waals surface area contributed by atoms with E-state index >= 15 is 0 Å². The normalized spacial score (nSPS) is 10.9. The maximum absolute atomic E-state index is 11.1. The molecular formula is C19H16Cl2N4O2S. The van der Waals surface area contributed by atoms with Crippen molar-refractivity contribution in [1.29, 1.82) is 0 Å². The topological polar surface area (TPSA) is 75.6 Å². The van der Waals surface area contributed by atoms with E-state index in [0.29, 0.717) is 20.9 Å². The van der Waals surface area contributed by atoms with Crippen molar-refractivity contribution in [3.05, 3.63) is 57.4 Å². The Hall–Kier alpha value is -2.61. The number of amides is 1. The van der Waals surface area contributed by atoms with Crippen molar-refractivity contribution in [2.45, 2.75) is 6.92 Å². The van der Waals surface area contributed by atoms with Gasteiger partial charge in [-0.3, -0.25) is 10.2 Å². The molecule has 1 heterocycles. The van der Waals surface area contributed by atoms with Crippen molar-refractivity contribution in [3.63, 3.8) is 0 Å². The van der Waals surface area contributed by atoms with E-state index in [4.69, 9.17) is 27.9 Å². The van der Waals surface area contributed by atoms with E-state index in [9.17, 15) is 4.79 Å². The van der Waals surface area contributed by atoms with Gasteiger partial charge in [0, 0.05) is 23.6 Å². The second-order valence-electron chi connectivity index (χ2n) is 5.68. The van der Waals surface area contributed by atoms with Crippen LogP contribution in [0.1, 0.15) is 12.5 Å². The van der Waals surface area contributed by atoms with Crippen LogP contribution in [0.25, 0.3) is 11.3 Å². The van der Waals surface area contributed by atoms with Gasteiger partial charge in [-0.25, -0.2) is 4.98 Å². The van der Waals surface area contributed by atoms with E-state index in [1.54, 1.807) is 18.3 Å². The van der Waals surface area contributed by atoms with Gasteiger partial charge in [0.25, 0.3) is 0 Å². The third-order valence-corrected chi connectivity index (χ3v) is 4.91. The lowest BCUT2D eigenvalue weighted by molar-refractivity contribution is -0.114. The lowest BCUT2D eigenvalue weighted by Crippen LogP contribution is -2.05. The van der Waals surface area contributed by atoms with Crippen molar-refractivity contribution in [1.82, 2.24) is 4.98 Å². The summed E-state index contributed by atoms with van der Waals surface area (Å²) in [6.07, 6.45) is 1.60. The van der Waals surface area contributed by atoms with Gasteiger partial charge < -0.3 is 10.1 Å². The Kier molecular flexibility index (Phi) is 6.51. The average molecular weight is 435 g/mol. The van der Waals surface area contributed by atoms with Crippen LogP contribution >= 0.6 is 34.5 Å². The summed E-state index contributed by atoms with van der Waals surface area (Å²) in [5.74, 6) is 0.327. The average Bonchev–Trinajstić information content (AvgIpc) is 3.10. The zero-order valence-corrected chi connectivity index (χ0v) is 17.3. The van der Waals surface area contributed by atoms with Gasteiger partial charge in [-0.15, -0.1) is 11.3 Å². The molecule has 1 amide bonds. The molecule has 0 aliphatic carbocycles. The van der Waals surface area contributed by atoms with Gasteiger partial charge in [0.15, 0.2) is 5.75 Å². The van der Waals surface area contributed by atoms with E-state index < -0.39 is 0 Å². The smallest absolute Gasteiger partial charge is 0.221 e. The summed E-state index contributed by atoms with van der Waals surface area (Å²) in [5, 5.41) is 10.3. The summed E-state index contributed by atoms with van der Waals surface area (Å²) in [6, 6.07) is 10.9. The zero-order chi connectivity index (χ0) is 20.1. The number of carbonyl (C=O) groups excluding carboxylic acids is 1. The maximum atomic E-state index is 11.1. The molecule has 1 aromatic heterocycles. The predicted molar refractivity (Wildman–Crippen MR) is 116 cm³/mol. The third kappa shape index (κ3) is 5.01. The Morgan fingerprint density at radius 3 is 2.50 bits per heavy atom. The molecule has 0 unspecified atom stereocenters. The van der Waals surface area contributed by atoms with Crippen LogP contribution in [0.4, 0.5) is 10.8 Å². The SMILES string of the molecule is COc1c(Cl)cc(/C=N\Nc2nc(-c3ccc(NC(C)=O)cc3)cs2)cc1Cl. The number of nitrogens with one attached hydrogen (secondary N) is 2. The van der Waals surface area contributed by atoms with Crippen LogP contribution in [0.5, 0.6) is 5.75 Å². The van der Waals surface area contributed by atoms with Crippen LogP contribution in [-0.2, 0) is 4.79 Å². The van der Waals surface area contributed by atoms with Gasteiger partial charge in [-0.05, 0) is 29.8 Å². The molecule has 144 valence electrons. The number of hydrazone groups is 1. The van der Waals surface area contributed by atoms with Gasteiger partial charge in [-0.1, -0.05) is 35.3 Å². The second-order valence-corrected chi connectivity index (χ2v) is 7.36. The van der Waals surface area contributed by atoms with Crippen molar-refractivity contribution in [3.8, 4) is 17.0 Å².